The number of hydrogen-bond acceptors (Lipinski definition) is 2. The predicted molar refractivity (Wildman–Crippen MR) is 45.0 cm³/mol. The van der Waals surface area contributed by atoms with Gasteiger partial charge in [0.2, 0.25) is 0 Å². The van der Waals surface area contributed by atoms with E-state index in [1.807, 2.05) is 6.92 Å². The average Bonchev–Trinajstić information content (AvgIpc) is 2.02. The largest absolute Gasteiger partial charge is 0.445 e. The first-order valence-electron chi connectivity index (χ1n) is 3.59. The van der Waals surface area contributed by atoms with Gasteiger partial charge >= 0.3 is 6.09 Å². The molecule has 0 aliphatic carbocycles. The van der Waals surface area contributed by atoms with Crippen LogP contribution in [0.25, 0.3) is 0 Å². The molecular formula is C7H14ClNO2. The Morgan fingerprint density at radius 2 is 2.27 bits per heavy atom. The van der Waals surface area contributed by atoms with E-state index >= 15 is 0 Å². The lowest BCUT2D eigenvalue weighted by atomic mass is 10.5. The van der Waals surface area contributed by atoms with E-state index < -0.39 is 0 Å². The minimum atomic E-state index is -0.319. The maximum Gasteiger partial charge on any atom is 0.409 e. The predicted octanol–water partition coefficient (Wildman–Crippen LogP) is 1.70. The fourth-order valence-corrected chi connectivity index (χ4v) is 0.486. The molecule has 0 fully saturated rings. The van der Waals surface area contributed by atoms with Crippen LogP contribution in [0.5, 0.6) is 0 Å². The van der Waals surface area contributed by atoms with E-state index in [0.29, 0.717) is 12.4 Å². The first kappa shape index (κ1) is 10.6. The van der Waals surface area contributed by atoms with Gasteiger partial charge in [0.25, 0.3) is 0 Å². The first-order valence-corrected chi connectivity index (χ1v) is 4.13. The van der Waals surface area contributed by atoms with Gasteiger partial charge in [-0.3, -0.25) is 0 Å². The van der Waals surface area contributed by atoms with Crippen LogP contribution in [0.4, 0.5) is 4.79 Å². The summed E-state index contributed by atoms with van der Waals surface area (Å²) >= 11 is 5.45. The van der Waals surface area contributed by atoms with Crippen molar-refractivity contribution >= 4 is 17.7 Å². The summed E-state index contributed by atoms with van der Waals surface area (Å²) in [6.45, 7) is 4.29. The standard InChI is InChI=1S/C7H14ClNO2/c1-4-9(3)7(10)11-6(2)5-8/h6H,4-5H2,1-3H3. The lowest BCUT2D eigenvalue weighted by Gasteiger charge is -2.17. The second-order valence-corrected chi connectivity index (χ2v) is 2.67. The number of carbonyl (C=O) groups excluding carboxylic acids is 1. The maximum absolute atomic E-state index is 11.0. The zero-order valence-electron chi connectivity index (χ0n) is 7.13. The smallest absolute Gasteiger partial charge is 0.409 e. The summed E-state index contributed by atoms with van der Waals surface area (Å²) in [5, 5.41) is 0. The van der Waals surface area contributed by atoms with Crippen LogP contribution < -0.4 is 0 Å². The van der Waals surface area contributed by atoms with Crippen LogP contribution in [0.15, 0.2) is 0 Å². The quantitative estimate of drug-likeness (QED) is 0.618. The minimum Gasteiger partial charge on any atom is -0.445 e. The van der Waals surface area contributed by atoms with E-state index in [-0.39, 0.29) is 12.2 Å². The Kier molecular flexibility index (Phi) is 5.03. The van der Waals surface area contributed by atoms with Crippen molar-refractivity contribution in [3.63, 3.8) is 0 Å². The van der Waals surface area contributed by atoms with Crippen molar-refractivity contribution in [2.45, 2.75) is 20.0 Å². The van der Waals surface area contributed by atoms with Gasteiger partial charge in [-0.2, -0.15) is 0 Å². The number of amides is 1. The van der Waals surface area contributed by atoms with Crippen molar-refractivity contribution in [1.82, 2.24) is 4.90 Å². The molecule has 0 aromatic carbocycles. The fraction of sp³-hybridized carbons (Fsp3) is 0.857. The van der Waals surface area contributed by atoms with E-state index in [9.17, 15) is 4.79 Å². The lowest BCUT2D eigenvalue weighted by molar-refractivity contribution is 0.0867. The third-order valence-corrected chi connectivity index (χ3v) is 1.74. The normalized spacial score (nSPS) is 12.4. The highest BCUT2D eigenvalue weighted by Crippen LogP contribution is 1.97. The van der Waals surface area contributed by atoms with E-state index in [0.717, 1.165) is 0 Å². The third-order valence-electron chi connectivity index (χ3n) is 1.31. The van der Waals surface area contributed by atoms with E-state index in [1.165, 1.54) is 4.90 Å². The number of alkyl halides is 1. The van der Waals surface area contributed by atoms with Crippen LogP contribution in [0.2, 0.25) is 0 Å². The second kappa shape index (κ2) is 5.24. The highest BCUT2D eigenvalue weighted by atomic mass is 35.5. The van der Waals surface area contributed by atoms with Crippen LogP contribution in [-0.2, 0) is 4.74 Å². The van der Waals surface area contributed by atoms with Crippen LogP contribution >= 0.6 is 11.6 Å². The fourth-order valence-electron chi connectivity index (χ4n) is 0.423. The van der Waals surface area contributed by atoms with Crippen molar-refractivity contribution in [2.24, 2.45) is 0 Å². The molecule has 66 valence electrons. The molecule has 0 rings (SSSR count). The molecule has 0 radical (unpaired) electrons. The van der Waals surface area contributed by atoms with Crippen molar-refractivity contribution in [1.29, 1.82) is 0 Å². The van der Waals surface area contributed by atoms with Crippen molar-refractivity contribution in [3.05, 3.63) is 0 Å². The Balaban J connectivity index is 3.68. The molecule has 1 atom stereocenters. The zero-order chi connectivity index (χ0) is 8.85. The van der Waals surface area contributed by atoms with Gasteiger partial charge in [0, 0.05) is 13.6 Å². The van der Waals surface area contributed by atoms with Crippen molar-refractivity contribution in [2.75, 3.05) is 19.5 Å². The Morgan fingerprint density at radius 1 is 1.73 bits per heavy atom. The van der Waals surface area contributed by atoms with Gasteiger partial charge in [-0.05, 0) is 13.8 Å². The van der Waals surface area contributed by atoms with Gasteiger partial charge in [0.1, 0.15) is 6.10 Å². The SMILES string of the molecule is CCN(C)C(=O)OC(C)CCl. The molecule has 1 amide bonds. The molecule has 11 heavy (non-hydrogen) atoms. The molecule has 0 bridgehead atoms. The molecule has 0 aromatic rings. The van der Waals surface area contributed by atoms with E-state index in [4.69, 9.17) is 16.3 Å². The van der Waals surface area contributed by atoms with Gasteiger partial charge < -0.3 is 9.64 Å². The molecule has 0 saturated carbocycles. The summed E-state index contributed by atoms with van der Waals surface area (Å²) < 4.78 is 4.91. The molecule has 0 aliphatic rings. The molecule has 3 nitrogen and oxygen atoms in total. The lowest BCUT2D eigenvalue weighted by Crippen LogP contribution is -2.30. The van der Waals surface area contributed by atoms with Crippen LogP contribution in [0, 0.1) is 0 Å². The van der Waals surface area contributed by atoms with E-state index in [2.05, 4.69) is 0 Å². The first-order chi connectivity index (χ1) is 5.11. The van der Waals surface area contributed by atoms with Crippen LogP contribution in [-0.4, -0.2) is 36.6 Å². The minimum absolute atomic E-state index is 0.210. The van der Waals surface area contributed by atoms with E-state index in [1.54, 1.807) is 14.0 Å². The van der Waals surface area contributed by atoms with Gasteiger partial charge in [-0.25, -0.2) is 4.79 Å². The number of hydrogen-bond donors (Lipinski definition) is 0. The number of ether oxygens (including phenoxy) is 1. The third kappa shape index (κ3) is 4.09. The second-order valence-electron chi connectivity index (χ2n) is 2.36. The Hall–Kier alpha value is -0.440. The summed E-state index contributed by atoms with van der Waals surface area (Å²) in [5.74, 6) is 0.337. The summed E-state index contributed by atoms with van der Waals surface area (Å²) in [6.07, 6.45) is -0.529. The highest BCUT2D eigenvalue weighted by molar-refractivity contribution is 6.18. The Morgan fingerprint density at radius 3 is 2.64 bits per heavy atom. The summed E-state index contributed by atoms with van der Waals surface area (Å²) in [4.78, 5) is 12.5. The molecule has 0 aromatic heterocycles. The molecule has 0 aliphatic heterocycles. The van der Waals surface area contributed by atoms with Crippen molar-refractivity contribution < 1.29 is 9.53 Å². The van der Waals surface area contributed by atoms with Gasteiger partial charge in [0.05, 0.1) is 5.88 Å². The molecule has 1 unspecified atom stereocenters. The molecule has 0 heterocycles. The van der Waals surface area contributed by atoms with Gasteiger partial charge in [0.15, 0.2) is 0 Å². The molecule has 0 N–H and O–H groups in total. The van der Waals surface area contributed by atoms with Crippen LogP contribution in [0.1, 0.15) is 13.8 Å². The summed E-state index contributed by atoms with van der Waals surface area (Å²) in [7, 11) is 1.68. The number of nitrogens with zero attached hydrogens (tertiary/aromatic N) is 1. The number of carbonyl (C=O) groups is 1. The Bertz CT molecular complexity index is 130. The van der Waals surface area contributed by atoms with Crippen LogP contribution in [0.3, 0.4) is 0 Å². The Labute approximate surface area is 72.3 Å². The maximum atomic E-state index is 11.0. The monoisotopic (exact) mass is 179 g/mol. The number of rotatable bonds is 3. The van der Waals surface area contributed by atoms with Crippen molar-refractivity contribution in [3.8, 4) is 0 Å². The topological polar surface area (TPSA) is 29.5 Å². The average molecular weight is 180 g/mol. The molecule has 0 spiro atoms. The molecule has 4 heteroatoms. The summed E-state index contributed by atoms with van der Waals surface area (Å²) in [6, 6.07) is 0. The molecular weight excluding hydrogens is 166 g/mol. The number of halogens is 1. The van der Waals surface area contributed by atoms with Gasteiger partial charge in [-0.1, -0.05) is 0 Å². The highest BCUT2D eigenvalue weighted by Gasteiger charge is 2.10. The summed E-state index contributed by atoms with van der Waals surface area (Å²) in [5.41, 5.74) is 0. The zero-order valence-corrected chi connectivity index (χ0v) is 7.89. The van der Waals surface area contributed by atoms with Gasteiger partial charge in [-0.15, -0.1) is 11.6 Å². The molecule has 0 saturated heterocycles.